The Balaban J connectivity index is 4.21. The Morgan fingerprint density at radius 3 is 1.40 bits per heavy atom. The van der Waals surface area contributed by atoms with Crippen LogP contribution in [-0.4, -0.2) is 59.0 Å². The number of hydrogen-bond acceptors (Lipinski definition) is 7. The highest BCUT2D eigenvalue weighted by Gasteiger charge is 2.28. The van der Waals surface area contributed by atoms with E-state index in [1.54, 1.807) is 0 Å². The second kappa shape index (κ2) is 41.4. The molecule has 0 heterocycles. The van der Waals surface area contributed by atoms with E-state index in [1.807, 2.05) is 0 Å². The lowest BCUT2D eigenvalue weighted by Gasteiger charge is -2.25. The number of rotatable bonds is 44. The third-order valence-electron chi connectivity index (χ3n) is 10.7. The molecule has 9 nitrogen and oxygen atoms in total. The Hall–Kier alpha value is -0.800. The topological polar surface area (TPSA) is 151 Å². The second-order valence-electron chi connectivity index (χ2n) is 16.2. The summed E-state index contributed by atoms with van der Waals surface area (Å²) in [6.07, 6.45) is 42.5. The number of nitrogens with one attached hydrogen (secondary N) is 1. The molecule has 0 saturated heterocycles. The van der Waals surface area contributed by atoms with Gasteiger partial charge in [-0.05, 0) is 38.5 Å². The monoisotopic (exact) mass is 803 g/mol. The molecule has 328 valence electrons. The normalized spacial score (nSPS) is 14.7. The van der Waals surface area contributed by atoms with Gasteiger partial charge < -0.3 is 26.2 Å². The summed E-state index contributed by atoms with van der Waals surface area (Å²) in [6.45, 7) is 4.06. The molecule has 0 aromatic heterocycles. The zero-order valence-electron chi connectivity index (χ0n) is 36.0. The van der Waals surface area contributed by atoms with Gasteiger partial charge in [-0.1, -0.05) is 199 Å². The number of nitrogens with two attached hydrogens (primary N) is 1. The molecule has 0 aliphatic carbocycles. The first kappa shape index (κ1) is 54.2. The van der Waals surface area contributed by atoms with Crippen LogP contribution in [0.4, 0.5) is 0 Å². The number of hydrogen-bond donors (Lipinski definition) is 5. The molecule has 10 heteroatoms. The number of carbonyl (C=O) groups is 1. The first-order valence-electron chi connectivity index (χ1n) is 23.4. The van der Waals surface area contributed by atoms with Gasteiger partial charge in [0.25, 0.3) is 0 Å². The van der Waals surface area contributed by atoms with E-state index in [0.29, 0.717) is 12.8 Å². The molecule has 0 aliphatic heterocycles. The lowest BCUT2D eigenvalue weighted by molar-refractivity contribution is -0.125. The summed E-state index contributed by atoms with van der Waals surface area (Å²) in [5.41, 5.74) is 5.37. The van der Waals surface area contributed by atoms with Crippen molar-refractivity contribution in [3.8, 4) is 0 Å². The Morgan fingerprint density at radius 2 is 0.982 bits per heavy atom. The highest BCUT2D eigenvalue weighted by atomic mass is 31.2. The minimum Gasteiger partial charge on any atom is -0.393 e. The molecule has 0 saturated carbocycles. The largest absolute Gasteiger partial charge is 0.472 e. The summed E-state index contributed by atoms with van der Waals surface area (Å²) in [6, 6.07) is -0.896. The first-order valence-corrected chi connectivity index (χ1v) is 24.9. The van der Waals surface area contributed by atoms with Gasteiger partial charge >= 0.3 is 7.82 Å². The van der Waals surface area contributed by atoms with Crippen LogP contribution in [0.2, 0.25) is 0 Å². The Morgan fingerprint density at radius 1 is 0.600 bits per heavy atom. The maximum atomic E-state index is 12.8. The molecule has 4 atom stereocenters. The molecule has 0 radical (unpaired) electrons. The third-order valence-corrected chi connectivity index (χ3v) is 11.7. The second-order valence-corrected chi connectivity index (χ2v) is 17.6. The molecule has 4 unspecified atom stereocenters. The van der Waals surface area contributed by atoms with Crippen LogP contribution in [0.1, 0.15) is 232 Å². The standard InChI is InChI=1S/C45H91N2O7P/c1-3-5-7-9-11-13-15-17-19-20-21-23-24-26-28-30-32-34-36-42(48)40-45(50)47-43(41-54-55(51,52)53-39-38-46)44(49)37-35-33-31-29-27-25-22-18-16-14-12-10-8-6-4-2/h21,23,42-44,48-49H,3-20,22,24-41,46H2,1-2H3,(H,47,50)(H,51,52)/b23-21-. The van der Waals surface area contributed by atoms with Crippen LogP contribution in [-0.2, 0) is 18.4 Å². The predicted octanol–water partition coefficient (Wildman–Crippen LogP) is 12.1. The Labute approximate surface area is 339 Å². The Bertz CT molecular complexity index is 893. The zero-order valence-corrected chi connectivity index (χ0v) is 36.9. The molecule has 0 rings (SSSR count). The highest BCUT2D eigenvalue weighted by molar-refractivity contribution is 7.47. The van der Waals surface area contributed by atoms with Crippen molar-refractivity contribution in [2.24, 2.45) is 5.73 Å². The van der Waals surface area contributed by atoms with Gasteiger partial charge in [0.15, 0.2) is 0 Å². The van der Waals surface area contributed by atoms with Gasteiger partial charge in [0.05, 0.1) is 37.9 Å². The van der Waals surface area contributed by atoms with Crippen LogP contribution >= 0.6 is 7.82 Å². The zero-order chi connectivity index (χ0) is 40.5. The molecule has 55 heavy (non-hydrogen) atoms. The van der Waals surface area contributed by atoms with Crippen LogP contribution in [0.15, 0.2) is 12.2 Å². The van der Waals surface area contributed by atoms with Crippen molar-refractivity contribution in [3.05, 3.63) is 12.2 Å². The molecule has 0 bridgehead atoms. The van der Waals surface area contributed by atoms with Crippen LogP contribution < -0.4 is 11.1 Å². The van der Waals surface area contributed by atoms with E-state index in [1.165, 1.54) is 154 Å². The van der Waals surface area contributed by atoms with Gasteiger partial charge in [0, 0.05) is 6.54 Å². The van der Waals surface area contributed by atoms with Crippen LogP contribution in [0.25, 0.3) is 0 Å². The fourth-order valence-electron chi connectivity index (χ4n) is 7.12. The highest BCUT2D eigenvalue weighted by Crippen LogP contribution is 2.43. The number of phosphoric ester groups is 1. The fraction of sp³-hybridized carbons (Fsp3) is 0.933. The van der Waals surface area contributed by atoms with Crippen molar-refractivity contribution in [2.75, 3.05) is 19.8 Å². The summed E-state index contributed by atoms with van der Waals surface area (Å²) in [4.78, 5) is 22.8. The molecule has 0 spiro atoms. The number of phosphoric acid groups is 1. The number of carbonyl (C=O) groups excluding carboxylic acids is 1. The van der Waals surface area contributed by atoms with Crippen LogP contribution in [0.3, 0.4) is 0 Å². The quantitative estimate of drug-likeness (QED) is 0.0232. The van der Waals surface area contributed by atoms with E-state index >= 15 is 0 Å². The average Bonchev–Trinajstić information content (AvgIpc) is 3.16. The van der Waals surface area contributed by atoms with E-state index in [4.69, 9.17) is 14.8 Å². The Kier molecular flexibility index (Phi) is 40.8. The average molecular weight is 803 g/mol. The number of amides is 1. The molecule has 0 fully saturated rings. The van der Waals surface area contributed by atoms with E-state index in [0.717, 1.165) is 44.9 Å². The molecule has 1 amide bonds. The summed E-state index contributed by atoms with van der Waals surface area (Å²) in [5, 5.41) is 24.2. The molecule has 0 aliphatic rings. The van der Waals surface area contributed by atoms with Gasteiger partial charge in [-0.2, -0.15) is 0 Å². The summed E-state index contributed by atoms with van der Waals surface area (Å²) < 4.78 is 22.2. The number of unbranched alkanes of at least 4 members (excludes halogenated alkanes) is 28. The third kappa shape index (κ3) is 39.8. The maximum absolute atomic E-state index is 12.8. The molecule has 6 N–H and O–H groups in total. The number of allylic oxidation sites excluding steroid dienone is 2. The van der Waals surface area contributed by atoms with Gasteiger partial charge in [0.2, 0.25) is 5.91 Å². The first-order chi connectivity index (χ1) is 26.8. The van der Waals surface area contributed by atoms with Gasteiger partial charge in [-0.25, -0.2) is 4.57 Å². The van der Waals surface area contributed by atoms with E-state index < -0.39 is 32.0 Å². The smallest absolute Gasteiger partial charge is 0.393 e. The van der Waals surface area contributed by atoms with Crippen molar-refractivity contribution in [1.82, 2.24) is 5.32 Å². The molecule has 0 aromatic rings. The van der Waals surface area contributed by atoms with E-state index in [2.05, 4.69) is 31.3 Å². The summed E-state index contributed by atoms with van der Waals surface area (Å²) >= 11 is 0. The van der Waals surface area contributed by atoms with Crippen LogP contribution in [0, 0.1) is 0 Å². The van der Waals surface area contributed by atoms with E-state index in [-0.39, 0.29) is 26.2 Å². The summed E-state index contributed by atoms with van der Waals surface area (Å²) in [7, 11) is -4.38. The van der Waals surface area contributed by atoms with E-state index in [9.17, 15) is 24.5 Å². The molecule has 0 aromatic carbocycles. The minimum atomic E-state index is -4.38. The van der Waals surface area contributed by atoms with Crippen LogP contribution in [0.5, 0.6) is 0 Å². The maximum Gasteiger partial charge on any atom is 0.472 e. The van der Waals surface area contributed by atoms with Gasteiger partial charge in [-0.3, -0.25) is 13.8 Å². The SMILES string of the molecule is CCCCCCCCCCC/C=C\CCCCCCCC(O)CC(=O)NC(COP(=O)(O)OCCN)C(O)CCCCCCCCCCCCCCCCC. The van der Waals surface area contributed by atoms with Crippen molar-refractivity contribution in [2.45, 2.75) is 250 Å². The van der Waals surface area contributed by atoms with Crippen molar-refractivity contribution in [1.29, 1.82) is 0 Å². The summed E-state index contributed by atoms with van der Waals surface area (Å²) in [5.74, 6) is -0.415. The predicted molar refractivity (Wildman–Crippen MR) is 232 cm³/mol. The minimum absolute atomic E-state index is 0.0601. The lowest BCUT2D eigenvalue weighted by Crippen LogP contribution is -2.47. The van der Waals surface area contributed by atoms with Gasteiger partial charge in [-0.15, -0.1) is 0 Å². The van der Waals surface area contributed by atoms with Crippen molar-refractivity contribution >= 4 is 13.7 Å². The van der Waals surface area contributed by atoms with Crippen molar-refractivity contribution in [3.63, 3.8) is 0 Å². The molecular formula is C45H91N2O7P. The molecular weight excluding hydrogens is 711 g/mol. The number of aliphatic hydroxyl groups excluding tert-OH is 2. The lowest BCUT2D eigenvalue weighted by atomic mass is 10.0. The fourth-order valence-corrected chi connectivity index (χ4v) is 7.88. The van der Waals surface area contributed by atoms with Crippen molar-refractivity contribution < 1.29 is 33.5 Å². The number of aliphatic hydroxyl groups is 2. The van der Waals surface area contributed by atoms with Gasteiger partial charge in [0.1, 0.15) is 0 Å².